The molecule has 20 heavy (non-hydrogen) atoms. The number of methoxy groups -OCH3 is 1. The Morgan fingerprint density at radius 2 is 1.90 bits per heavy atom. The predicted molar refractivity (Wildman–Crippen MR) is 93.5 cm³/mol. The molecule has 1 N–H and O–H groups in total. The molecule has 1 unspecified atom stereocenters. The minimum absolute atomic E-state index is 0.599. The fraction of sp³-hybridized carbons (Fsp3) is 0.625. The third-order valence-corrected chi connectivity index (χ3v) is 4.46. The van der Waals surface area contributed by atoms with Crippen molar-refractivity contribution in [3.05, 3.63) is 26.6 Å². The monoisotopic (exact) mass is 405 g/mol. The van der Waals surface area contributed by atoms with Crippen LogP contribution in [0.15, 0.2) is 21.1 Å². The summed E-state index contributed by atoms with van der Waals surface area (Å²) in [5.74, 6) is 0.923. The lowest BCUT2D eigenvalue weighted by atomic mass is 10.0. The van der Waals surface area contributed by atoms with Gasteiger partial charge in [-0.25, -0.2) is 0 Å². The van der Waals surface area contributed by atoms with Crippen molar-refractivity contribution in [2.75, 3.05) is 7.11 Å². The average Bonchev–Trinajstić information content (AvgIpc) is 2.41. The molecule has 1 aromatic rings. The van der Waals surface area contributed by atoms with Crippen LogP contribution in [0, 0.1) is 0 Å². The number of ether oxygens (including phenoxy) is 1. The fourth-order valence-corrected chi connectivity index (χ4v) is 3.85. The Balaban J connectivity index is 2.71. The van der Waals surface area contributed by atoms with E-state index < -0.39 is 0 Å². The van der Waals surface area contributed by atoms with Crippen LogP contribution in [-0.2, 0) is 6.54 Å². The van der Waals surface area contributed by atoms with Gasteiger partial charge in [-0.05, 0) is 40.9 Å². The van der Waals surface area contributed by atoms with E-state index in [1.54, 1.807) is 7.11 Å². The van der Waals surface area contributed by atoms with Gasteiger partial charge in [0.25, 0.3) is 0 Å². The molecule has 1 aromatic carbocycles. The van der Waals surface area contributed by atoms with E-state index in [4.69, 9.17) is 4.74 Å². The maximum atomic E-state index is 5.50. The first-order chi connectivity index (χ1) is 9.62. The van der Waals surface area contributed by atoms with Crippen molar-refractivity contribution in [3.8, 4) is 5.75 Å². The van der Waals surface area contributed by atoms with E-state index in [0.717, 1.165) is 21.2 Å². The second kappa shape index (κ2) is 9.80. The van der Waals surface area contributed by atoms with Crippen LogP contribution in [0.2, 0.25) is 0 Å². The van der Waals surface area contributed by atoms with Crippen LogP contribution in [0.3, 0.4) is 0 Å². The standard InChI is InChI=1S/C16H25Br2NO/c1-4-6-8-14(7-5-2)19-11-12-9-13(17)10-15(18)16(12)20-3/h9-10,14,19H,4-8,11H2,1-3H3. The van der Waals surface area contributed by atoms with Crippen LogP contribution in [0.1, 0.15) is 51.5 Å². The minimum Gasteiger partial charge on any atom is -0.495 e. The quantitative estimate of drug-likeness (QED) is 0.570. The Morgan fingerprint density at radius 1 is 1.15 bits per heavy atom. The maximum absolute atomic E-state index is 5.50. The van der Waals surface area contributed by atoms with E-state index in [2.05, 4.69) is 57.1 Å². The number of halogens is 2. The summed E-state index contributed by atoms with van der Waals surface area (Å²) in [5, 5.41) is 3.68. The number of unbranched alkanes of at least 4 members (excludes halogenated alkanes) is 1. The van der Waals surface area contributed by atoms with Gasteiger partial charge in [0.05, 0.1) is 11.6 Å². The van der Waals surface area contributed by atoms with Gasteiger partial charge in [0.15, 0.2) is 0 Å². The molecule has 0 aliphatic carbocycles. The van der Waals surface area contributed by atoms with Crippen molar-refractivity contribution in [2.24, 2.45) is 0 Å². The first kappa shape index (κ1) is 18.0. The maximum Gasteiger partial charge on any atom is 0.137 e. The zero-order valence-electron chi connectivity index (χ0n) is 12.6. The van der Waals surface area contributed by atoms with Crippen LogP contribution in [-0.4, -0.2) is 13.2 Å². The van der Waals surface area contributed by atoms with Crippen LogP contribution < -0.4 is 10.1 Å². The average molecular weight is 407 g/mol. The lowest BCUT2D eigenvalue weighted by Gasteiger charge is -2.19. The van der Waals surface area contributed by atoms with Gasteiger partial charge < -0.3 is 10.1 Å². The lowest BCUT2D eigenvalue weighted by molar-refractivity contribution is 0.395. The fourth-order valence-electron chi connectivity index (χ4n) is 2.38. The molecular weight excluding hydrogens is 382 g/mol. The lowest BCUT2D eigenvalue weighted by Crippen LogP contribution is -2.28. The third-order valence-electron chi connectivity index (χ3n) is 3.41. The van der Waals surface area contributed by atoms with Gasteiger partial charge in [0.1, 0.15) is 5.75 Å². The summed E-state index contributed by atoms with van der Waals surface area (Å²) in [6.07, 6.45) is 6.25. The normalized spacial score (nSPS) is 12.4. The van der Waals surface area contributed by atoms with Gasteiger partial charge in [-0.3, -0.25) is 0 Å². The summed E-state index contributed by atoms with van der Waals surface area (Å²) in [4.78, 5) is 0. The van der Waals surface area contributed by atoms with Gasteiger partial charge in [0, 0.05) is 22.6 Å². The minimum atomic E-state index is 0.599. The van der Waals surface area contributed by atoms with Crippen molar-refractivity contribution < 1.29 is 4.74 Å². The number of benzene rings is 1. The molecule has 0 aliphatic rings. The van der Waals surface area contributed by atoms with Gasteiger partial charge in [-0.2, -0.15) is 0 Å². The molecule has 0 saturated heterocycles. The van der Waals surface area contributed by atoms with E-state index in [9.17, 15) is 0 Å². The Morgan fingerprint density at radius 3 is 2.50 bits per heavy atom. The largest absolute Gasteiger partial charge is 0.495 e. The summed E-state index contributed by atoms with van der Waals surface area (Å²) < 4.78 is 7.56. The molecule has 0 bridgehead atoms. The Hall–Kier alpha value is -0.0600. The Kier molecular flexibility index (Phi) is 8.82. The molecule has 2 nitrogen and oxygen atoms in total. The second-order valence-electron chi connectivity index (χ2n) is 5.09. The summed E-state index contributed by atoms with van der Waals surface area (Å²) >= 11 is 7.10. The third kappa shape index (κ3) is 5.74. The molecule has 0 radical (unpaired) electrons. The molecule has 0 fully saturated rings. The highest BCUT2D eigenvalue weighted by atomic mass is 79.9. The van der Waals surface area contributed by atoms with E-state index in [1.165, 1.54) is 37.7 Å². The smallest absolute Gasteiger partial charge is 0.137 e. The number of nitrogens with one attached hydrogen (secondary N) is 1. The SMILES string of the molecule is CCCCC(CCC)NCc1cc(Br)cc(Br)c1OC. The van der Waals surface area contributed by atoms with Gasteiger partial charge in [-0.1, -0.05) is 49.0 Å². The van der Waals surface area contributed by atoms with Crippen molar-refractivity contribution >= 4 is 31.9 Å². The highest BCUT2D eigenvalue weighted by Crippen LogP contribution is 2.32. The van der Waals surface area contributed by atoms with Crippen LogP contribution in [0.25, 0.3) is 0 Å². The van der Waals surface area contributed by atoms with Crippen molar-refractivity contribution in [2.45, 2.75) is 58.5 Å². The molecular formula is C16H25Br2NO. The molecule has 0 heterocycles. The molecule has 114 valence electrons. The zero-order valence-corrected chi connectivity index (χ0v) is 15.8. The molecule has 0 aromatic heterocycles. The molecule has 0 saturated carbocycles. The second-order valence-corrected chi connectivity index (χ2v) is 6.86. The predicted octanol–water partition coefficient (Wildman–Crippen LogP) is 5.67. The summed E-state index contributed by atoms with van der Waals surface area (Å²) in [6, 6.07) is 4.74. The van der Waals surface area contributed by atoms with Gasteiger partial charge in [-0.15, -0.1) is 0 Å². The van der Waals surface area contributed by atoms with E-state index in [1.807, 2.05) is 6.07 Å². The van der Waals surface area contributed by atoms with Crippen molar-refractivity contribution in [1.82, 2.24) is 5.32 Å². The van der Waals surface area contributed by atoms with Crippen LogP contribution in [0.4, 0.5) is 0 Å². The topological polar surface area (TPSA) is 21.3 Å². The first-order valence-electron chi connectivity index (χ1n) is 7.37. The highest BCUT2D eigenvalue weighted by molar-refractivity contribution is 9.11. The molecule has 0 amide bonds. The van der Waals surface area contributed by atoms with Gasteiger partial charge in [0.2, 0.25) is 0 Å². The summed E-state index contributed by atoms with van der Waals surface area (Å²) in [7, 11) is 1.72. The molecule has 0 spiro atoms. The molecule has 0 aliphatic heterocycles. The Bertz CT molecular complexity index is 410. The number of hydrogen-bond acceptors (Lipinski definition) is 2. The molecule has 1 atom stereocenters. The van der Waals surface area contributed by atoms with Crippen LogP contribution in [0.5, 0.6) is 5.75 Å². The highest BCUT2D eigenvalue weighted by Gasteiger charge is 2.12. The van der Waals surface area contributed by atoms with Crippen LogP contribution >= 0.6 is 31.9 Å². The first-order valence-corrected chi connectivity index (χ1v) is 8.96. The van der Waals surface area contributed by atoms with Crippen molar-refractivity contribution in [1.29, 1.82) is 0 Å². The molecule has 1 rings (SSSR count). The van der Waals surface area contributed by atoms with Crippen molar-refractivity contribution in [3.63, 3.8) is 0 Å². The zero-order chi connectivity index (χ0) is 15.0. The number of rotatable bonds is 9. The summed E-state index contributed by atoms with van der Waals surface area (Å²) in [6.45, 7) is 5.34. The molecule has 4 heteroatoms. The van der Waals surface area contributed by atoms with Gasteiger partial charge >= 0.3 is 0 Å². The van der Waals surface area contributed by atoms with E-state index >= 15 is 0 Å². The van der Waals surface area contributed by atoms with E-state index in [-0.39, 0.29) is 0 Å². The van der Waals surface area contributed by atoms with E-state index in [0.29, 0.717) is 6.04 Å². The summed E-state index contributed by atoms with van der Waals surface area (Å²) in [5.41, 5.74) is 1.19. The number of hydrogen-bond donors (Lipinski definition) is 1. The Labute approximate surface area is 139 Å².